The number of nitrogens with one attached hydrogen (secondary N) is 2. The fourth-order valence-corrected chi connectivity index (χ4v) is 4.42. The van der Waals surface area contributed by atoms with Gasteiger partial charge in [0.15, 0.2) is 0 Å². The maximum absolute atomic E-state index is 13.0. The van der Waals surface area contributed by atoms with Crippen molar-refractivity contribution in [3.05, 3.63) is 89.2 Å². The van der Waals surface area contributed by atoms with Crippen LogP contribution in [0.1, 0.15) is 17.5 Å². The summed E-state index contributed by atoms with van der Waals surface area (Å²) in [5.74, 6) is -0.867. The summed E-state index contributed by atoms with van der Waals surface area (Å²) in [6.45, 7) is 1.76. The molecule has 3 aromatic carbocycles. The minimum absolute atomic E-state index is 0.0209. The van der Waals surface area contributed by atoms with E-state index in [0.717, 1.165) is 22.5 Å². The summed E-state index contributed by atoms with van der Waals surface area (Å²) < 4.78 is 14.2. The first-order valence-electron chi connectivity index (χ1n) is 10.9. The monoisotopic (exact) mass is 476 g/mol. The summed E-state index contributed by atoms with van der Waals surface area (Å²) in [7, 11) is 1.70. The quantitative estimate of drug-likeness (QED) is 0.378. The van der Waals surface area contributed by atoms with E-state index in [1.165, 1.54) is 29.0 Å². The third kappa shape index (κ3) is 6.03. The maximum Gasteiger partial charge on any atom is 0.241 e. The van der Waals surface area contributed by atoms with Gasteiger partial charge in [0.05, 0.1) is 27.8 Å². The van der Waals surface area contributed by atoms with Crippen LogP contribution in [0.4, 0.5) is 15.8 Å². The number of anilines is 2. The molecular weight excluding hydrogens is 451 g/mol. The molecule has 1 heterocycles. The van der Waals surface area contributed by atoms with Crippen LogP contribution in [0.15, 0.2) is 72.8 Å². The molecule has 1 atom stereocenters. The Labute approximate surface area is 201 Å². The molecule has 0 bridgehead atoms. The van der Waals surface area contributed by atoms with Crippen LogP contribution in [0.2, 0.25) is 0 Å². The third-order valence-corrected chi connectivity index (χ3v) is 6.51. The molecule has 6 nitrogen and oxygen atoms in total. The lowest BCUT2D eigenvalue weighted by Crippen LogP contribution is -2.43. The molecule has 1 aromatic heterocycles. The third-order valence-electron chi connectivity index (χ3n) is 5.48. The average molecular weight is 477 g/mol. The molecule has 0 spiro atoms. The van der Waals surface area contributed by atoms with E-state index in [1.54, 1.807) is 30.2 Å². The zero-order chi connectivity index (χ0) is 24.1. The van der Waals surface area contributed by atoms with E-state index in [0.29, 0.717) is 11.4 Å². The molecule has 4 aromatic rings. The highest BCUT2D eigenvalue weighted by molar-refractivity contribution is 7.18. The standard InChI is InChI=1S/C26H25FN4O2S/c1-17(31(2)16-24(32)28-20-13-9-19(27)10-14-20)26(33)29-21-11-7-18(8-12-21)15-25-30-22-5-3-4-6-23(22)34-25/h3-14,17H,15-16H2,1-2H3,(H,28,32)(H,29,33). The minimum Gasteiger partial charge on any atom is -0.325 e. The Bertz CT molecular complexity index is 1260. The molecule has 2 amide bonds. The molecule has 0 aliphatic carbocycles. The topological polar surface area (TPSA) is 74.3 Å². The van der Waals surface area contributed by atoms with Crippen molar-refractivity contribution in [3.63, 3.8) is 0 Å². The van der Waals surface area contributed by atoms with Gasteiger partial charge in [-0.2, -0.15) is 0 Å². The van der Waals surface area contributed by atoms with Crippen molar-refractivity contribution >= 4 is 44.7 Å². The Morgan fingerprint density at radius 3 is 2.32 bits per heavy atom. The Morgan fingerprint density at radius 2 is 1.62 bits per heavy atom. The fourth-order valence-electron chi connectivity index (χ4n) is 3.42. The van der Waals surface area contributed by atoms with Crippen LogP contribution in [-0.4, -0.2) is 41.3 Å². The maximum atomic E-state index is 13.0. The number of aromatic nitrogens is 1. The van der Waals surface area contributed by atoms with Crippen molar-refractivity contribution in [3.8, 4) is 0 Å². The number of hydrogen-bond donors (Lipinski definition) is 2. The number of thiazole rings is 1. The molecule has 0 saturated carbocycles. The lowest BCUT2D eigenvalue weighted by atomic mass is 10.1. The summed E-state index contributed by atoms with van der Waals surface area (Å²) >= 11 is 1.68. The van der Waals surface area contributed by atoms with E-state index >= 15 is 0 Å². The van der Waals surface area contributed by atoms with E-state index < -0.39 is 6.04 Å². The van der Waals surface area contributed by atoms with E-state index in [4.69, 9.17) is 0 Å². The molecule has 0 aliphatic rings. The Kier molecular flexibility index (Phi) is 7.30. The smallest absolute Gasteiger partial charge is 0.241 e. The Balaban J connectivity index is 1.28. The molecule has 4 rings (SSSR count). The molecular formula is C26H25FN4O2S. The SMILES string of the molecule is CC(C(=O)Nc1ccc(Cc2nc3ccccc3s2)cc1)N(C)CC(=O)Nc1ccc(F)cc1. The second-order valence-corrected chi connectivity index (χ2v) is 9.20. The second-order valence-electron chi connectivity index (χ2n) is 8.08. The minimum atomic E-state index is -0.526. The number of amides is 2. The molecule has 174 valence electrons. The van der Waals surface area contributed by atoms with Crippen LogP contribution in [0, 0.1) is 5.82 Å². The van der Waals surface area contributed by atoms with E-state index in [9.17, 15) is 14.0 Å². The fraction of sp³-hybridized carbons (Fsp3) is 0.192. The van der Waals surface area contributed by atoms with Crippen molar-refractivity contribution < 1.29 is 14.0 Å². The lowest BCUT2D eigenvalue weighted by Gasteiger charge is -2.23. The van der Waals surface area contributed by atoms with Crippen LogP contribution in [0.25, 0.3) is 10.2 Å². The van der Waals surface area contributed by atoms with Gasteiger partial charge in [-0.05, 0) is 68.1 Å². The van der Waals surface area contributed by atoms with Gasteiger partial charge in [-0.25, -0.2) is 9.37 Å². The van der Waals surface area contributed by atoms with Crippen LogP contribution < -0.4 is 10.6 Å². The van der Waals surface area contributed by atoms with E-state index in [1.807, 2.05) is 42.5 Å². The largest absolute Gasteiger partial charge is 0.325 e. The highest BCUT2D eigenvalue weighted by Crippen LogP contribution is 2.24. The summed E-state index contributed by atoms with van der Waals surface area (Å²) in [6.07, 6.45) is 0.732. The number of nitrogens with zero attached hydrogens (tertiary/aromatic N) is 2. The second kappa shape index (κ2) is 10.5. The van der Waals surface area contributed by atoms with Gasteiger partial charge in [-0.3, -0.25) is 14.5 Å². The number of para-hydroxylation sites is 1. The summed E-state index contributed by atoms with van der Waals surface area (Å²) in [6, 6.07) is 20.8. The first kappa shape index (κ1) is 23.5. The first-order chi connectivity index (χ1) is 16.4. The van der Waals surface area contributed by atoms with Gasteiger partial charge in [0.2, 0.25) is 11.8 Å². The molecule has 8 heteroatoms. The van der Waals surface area contributed by atoms with Gasteiger partial charge in [0.1, 0.15) is 5.82 Å². The Hall–Kier alpha value is -3.62. The highest BCUT2D eigenvalue weighted by atomic mass is 32.1. The van der Waals surface area contributed by atoms with Crippen molar-refractivity contribution in [2.45, 2.75) is 19.4 Å². The molecule has 0 aliphatic heterocycles. The lowest BCUT2D eigenvalue weighted by molar-refractivity contribution is -0.122. The molecule has 0 saturated heterocycles. The number of hydrogen-bond acceptors (Lipinski definition) is 5. The molecule has 1 unspecified atom stereocenters. The number of rotatable bonds is 8. The number of benzene rings is 3. The number of carbonyl (C=O) groups is 2. The normalized spacial score (nSPS) is 12.0. The van der Waals surface area contributed by atoms with Gasteiger partial charge in [0.25, 0.3) is 0 Å². The predicted octanol–water partition coefficient (Wildman–Crippen LogP) is 4.92. The summed E-state index contributed by atoms with van der Waals surface area (Å²) in [4.78, 5) is 31.2. The first-order valence-corrected chi connectivity index (χ1v) is 11.7. The van der Waals surface area contributed by atoms with Crippen LogP contribution in [-0.2, 0) is 16.0 Å². The summed E-state index contributed by atoms with van der Waals surface area (Å²) in [5, 5.41) is 6.64. The van der Waals surface area contributed by atoms with Crippen LogP contribution in [0.5, 0.6) is 0 Å². The summed E-state index contributed by atoms with van der Waals surface area (Å²) in [5.41, 5.74) is 3.31. The van der Waals surface area contributed by atoms with Gasteiger partial charge in [0, 0.05) is 17.8 Å². The predicted molar refractivity (Wildman–Crippen MR) is 135 cm³/mol. The van der Waals surface area contributed by atoms with Crippen molar-refractivity contribution in [1.29, 1.82) is 0 Å². The van der Waals surface area contributed by atoms with Crippen LogP contribution >= 0.6 is 11.3 Å². The zero-order valence-corrected chi connectivity index (χ0v) is 19.7. The van der Waals surface area contributed by atoms with Crippen molar-refractivity contribution in [2.75, 3.05) is 24.2 Å². The Morgan fingerprint density at radius 1 is 0.971 bits per heavy atom. The number of fused-ring (bicyclic) bond motifs is 1. The highest BCUT2D eigenvalue weighted by Gasteiger charge is 2.20. The molecule has 34 heavy (non-hydrogen) atoms. The van der Waals surface area contributed by atoms with Gasteiger partial charge < -0.3 is 10.6 Å². The zero-order valence-electron chi connectivity index (χ0n) is 18.9. The average Bonchev–Trinajstić information content (AvgIpc) is 3.23. The van der Waals surface area contributed by atoms with E-state index in [2.05, 4.69) is 21.7 Å². The number of carbonyl (C=O) groups excluding carboxylic acids is 2. The van der Waals surface area contributed by atoms with Gasteiger partial charge in [-0.15, -0.1) is 11.3 Å². The molecule has 0 fully saturated rings. The van der Waals surface area contributed by atoms with Crippen molar-refractivity contribution in [2.24, 2.45) is 0 Å². The van der Waals surface area contributed by atoms with Gasteiger partial charge >= 0.3 is 0 Å². The van der Waals surface area contributed by atoms with E-state index in [-0.39, 0.29) is 24.2 Å². The van der Waals surface area contributed by atoms with Gasteiger partial charge in [-0.1, -0.05) is 24.3 Å². The number of likely N-dealkylation sites (N-methyl/N-ethyl adjacent to an activating group) is 1. The number of halogens is 1. The van der Waals surface area contributed by atoms with Crippen molar-refractivity contribution in [1.82, 2.24) is 9.88 Å². The molecule has 0 radical (unpaired) electrons. The van der Waals surface area contributed by atoms with Crippen LogP contribution in [0.3, 0.4) is 0 Å². The molecule has 2 N–H and O–H groups in total.